The molecule has 0 radical (unpaired) electrons. The first kappa shape index (κ1) is 14.8. The second-order valence-corrected chi connectivity index (χ2v) is 5.97. The smallest absolute Gasteiger partial charge is 0.153 e. The highest BCUT2D eigenvalue weighted by molar-refractivity contribution is 5.84. The van der Waals surface area contributed by atoms with E-state index in [1.807, 2.05) is 49.4 Å². The Balaban J connectivity index is 2.26. The molecule has 0 spiro atoms. The van der Waals surface area contributed by atoms with Crippen molar-refractivity contribution in [2.45, 2.75) is 20.8 Å². The van der Waals surface area contributed by atoms with Crippen molar-refractivity contribution in [1.82, 2.24) is 14.4 Å². The molecule has 2 aromatic carbocycles. The Hall–Kier alpha value is -2.82. The standard InChI is InChI=1S/C19H15F2N3/c1-10-6-4-5-7-14(10)19-23-12(3)18-11(2)22-17-15(21)8-13(20)9-16(17)24(18)19/h4-9H,1-3H3. The topological polar surface area (TPSA) is 30.2 Å². The molecule has 0 saturated carbocycles. The highest BCUT2D eigenvalue weighted by Gasteiger charge is 2.19. The van der Waals surface area contributed by atoms with Crippen molar-refractivity contribution < 1.29 is 8.78 Å². The van der Waals surface area contributed by atoms with Crippen LogP contribution in [0.15, 0.2) is 36.4 Å². The number of aryl methyl sites for hydroxylation is 3. The number of aromatic nitrogens is 3. The van der Waals surface area contributed by atoms with E-state index in [9.17, 15) is 8.78 Å². The predicted molar refractivity (Wildman–Crippen MR) is 90.1 cm³/mol. The fourth-order valence-electron chi connectivity index (χ4n) is 3.25. The number of nitrogens with zero attached hydrogens (tertiary/aromatic N) is 3. The number of rotatable bonds is 1. The SMILES string of the molecule is Cc1ccccc1-c1nc(C)c2c(C)nc3c(F)cc(F)cc3n12. The molecule has 0 aliphatic rings. The largest absolute Gasteiger partial charge is 0.288 e. The molecule has 0 aliphatic heterocycles. The van der Waals surface area contributed by atoms with E-state index in [1.54, 1.807) is 0 Å². The van der Waals surface area contributed by atoms with Gasteiger partial charge in [-0.25, -0.2) is 18.7 Å². The molecule has 0 unspecified atom stereocenters. The first-order valence-corrected chi connectivity index (χ1v) is 7.68. The molecule has 0 N–H and O–H groups in total. The summed E-state index contributed by atoms with van der Waals surface area (Å²) >= 11 is 0. The zero-order valence-electron chi connectivity index (χ0n) is 13.6. The average molecular weight is 323 g/mol. The van der Waals surface area contributed by atoms with E-state index in [0.29, 0.717) is 17.0 Å². The third-order valence-electron chi connectivity index (χ3n) is 4.31. The highest BCUT2D eigenvalue weighted by atomic mass is 19.1. The number of hydrogen-bond donors (Lipinski definition) is 0. The van der Waals surface area contributed by atoms with Crippen LogP contribution in [-0.4, -0.2) is 14.4 Å². The van der Waals surface area contributed by atoms with Crippen LogP contribution in [0.3, 0.4) is 0 Å². The van der Waals surface area contributed by atoms with Crippen molar-refractivity contribution in [3.63, 3.8) is 0 Å². The minimum Gasteiger partial charge on any atom is -0.288 e. The van der Waals surface area contributed by atoms with Gasteiger partial charge in [0.05, 0.1) is 22.4 Å². The van der Waals surface area contributed by atoms with E-state index < -0.39 is 11.6 Å². The van der Waals surface area contributed by atoms with Crippen LogP contribution in [0.25, 0.3) is 27.9 Å². The predicted octanol–water partition coefficient (Wildman–Crippen LogP) is 4.75. The zero-order chi connectivity index (χ0) is 17.0. The van der Waals surface area contributed by atoms with Gasteiger partial charge in [0.2, 0.25) is 0 Å². The lowest BCUT2D eigenvalue weighted by molar-refractivity contribution is 0.589. The third kappa shape index (κ3) is 2.01. The quantitative estimate of drug-likeness (QED) is 0.506. The van der Waals surface area contributed by atoms with Gasteiger partial charge in [-0.3, -0.25) is 4.40 Å². The molecular weight excluding hydrogens is 308 g/mol. The van der Waals surface area contributed by atoms with Crippen molar-refractivity contribution in [2.75, 3.05) is 0 Å². The molecule has 2 aromatic heterocycles. The van der Waals surface area contributed by atoms with E-state index >= 15 is 0 Å². The van der Waals surface area contributed by atoms with Crippen LogP contribution < -0.4 is 0 Å². The molecule has 120 valence electrons. The second kappa shape index (κ2) is 5.09. The Morgan fingerprint density at radius 1 is 0.917 bits per heavy atom. The first-order valence-electron chi connectivity index (χ1n) is 7.68. The van der Waals surface area contributed by atoms with Crippen molar-refractivity contribution in [1.29, 1.82) is 0 Å². The summed E-state index contributed by atoms with van der Waals surface area (Å²) in [7, 11) is 0. The van der Waals surface area contributed by atoms with Crippen LogP contribution >= 0.6 is 0 Å². The Morgan fingerprint density at radius 3 is 2.38 bits per heavy atom. The van der Waals surface area contributed by atoms with Crippen LogP contribution in [-0.2, 0) is 0 Å². The number of fused-ring (bicyclic) bond motifs is 3. The molecule has 4 rings (SSSR count). The fraction of sp³-hybridized carbons (Fsp3) is 0.158. The number of hydrogen-bond acceptors (Lipinski definition) is 2. The Bertz CT molecular complexity index is 1110. The first-order chi connectivity index (χ1) is 11.5. The van der Waals surface area contributed by atoms with Gasteiger partial charge in [0.25, 0.3) is 0 Å². The second-order valence-electron chi connectivity index (χ2n) is 5.97. The summed E-state index contributed by atoms with van der Waals surface area (Å²) in [6, 6.07) is 9.99. The van der Waals surface area contributed by atoms with E-state index in [4.69, 9.17) is 0 Å². The number of imidazole rings is 1. The monoisotopic (exact) mass is 323 g/mol. The van der Waals surface area contributed by atoms with Gasteiger partial charge in [-0.15, -0.1) is 0 Å². The summed E-state index contributed by atoms with van der Waals surface area (Å²) in [5, 5.41) is 0. The molecule has 0 aliphatic carbocycles. The maximum absolute atomic E-state index is 14.2. The zero-order valence-corrected chi connectivity index (χ0v) is 13.6. The number of benzene rings is 2. The Labute approximate surface area is 137 Å². The van der Waals surface area contributed by atoms with Crippen molar-refractivity contribution in [3.05, 3.63) is 65.0 Å². The van der Waals surface area contributed by atoms with Gasteiger partial charge in [0.1, 0.15) is 17.2 Å². The summed E-state index contributed by atoms with van der Waals surface area (Å²) in [5.74, 6) is -0.632. The van der Waals surface area contributed by atoms with Gasteiger partial charge in [-0.2, -0.15) is 0 Å². The van der Waals surface area contributed by atoms with Gasteiger partial charge >= 0.3 is 0 Å². The van der Waals surface area contributed by atoms with Gasteiger partial charge in [0.15, 0.2) is 5.82 Å². The van der Waals surface area contributed by atoms with Crippen molar-refractivity contribution >= 4 is 16.6 Å². The van der Waals surface area contributed by atoms with E-state index in [0.717, 1.165) is 28.4 Å². The molecule has 0 amide bonds. The minimum atomic E-state index is -0.669. The fourth-order valence-corrected chi connectivity index (χ4v) is 3.25. The average Bonchev–Trinajstić information content (AvgIpc) is 2.87. The van der Waals surface area contributed by atoms with Crippen molar-refractivity contribution in [2.24, 2.45) is 0 Å². The Morgan fingerprint density at radius 2 is 1.62 bits per heavy atom. The van der Waals surface area contributed by atoms with Crippen LogP contribution in [0.5, 0.6) is 0 Å². The van der Waals surface area contributed by atoms with Crippen LogP contribution in [0, 0.1) is 32.4 Å². The molecule has 24 heavy (non-hydrogen) atoms. The summed E-state index contributed by atoms with van der Waals surface area (Å²) in [5.41, 5.74) is 4.73. The van der Waals surface area contributed by atoms with Gasteiger partial charge < -0.3 is 0 Å². The highest BCUT2D eigenvalue weighted by Crippen LogP contribution is 2.31. The summed E-state index contributed by atoms with van der Waals surface area (Å²) in [4.78, 5) is 9.00. The van der Waals surface area contributed by atoms with Crippen LogP contribution in [0.4, 0.5) is 8.78 Å². The summed E-state index contributed by atoms with van der Waals surface area (Å²) in [6.07, 6.45) is 0. The van der Waals surface area contributed by atoms with E-state index in [-0.39, 0.29) is 5.52 Å². The molecule has 0 fully saturated rings. The maximum Gasteiger partial charge on any atom is 0.153 e. The van der Waals surface area contributed by atoms with E-state index in [2.05, 4.69) is 9.97 Å². The molecule has 0 saturated heterocycles. The van der Waals surface area contributed by atoms with Gasteiger partial charge in [-0.05, 0) is 26.3 Å². The lowest BCUT2D eigenvalue weighted by Crippen LogP contribution is -2.00. The third-order valence-corrected chi connectivity index (χ3v) is 4.31. The maximum atomic E-state index is 14.2. The van der Waals surface area contributed by atoms with Gasteiger partial charge in [-0.1, -0.05) is 24.3 Å². The molecule has 5 heteroatoms. The van der Waals surface area contributed by atoms with E-state index in [1.165, 1.54) is 6.07 Å². The molecule has 4 aromatic rings. The Kier molecular flexibility index (Phi) is 3.13. The molecule has 0 atom stereocenters. The van der Waals surface area contributed by atoms with Crippen LogP contribution in [0.2, 0.25) is 0 Å². The normalized spacial score (nSPS) is 11.5. The summed E-state index contributed by atoms with van der Waals surface area (Å²) < 4.78 is 29.9. The summed E-state index contributed by atoms with van der Waals surface area (Å²) in [6.45, 7) is 5.68. The van der Waals surface area contributed by atoms with Crippen molar-refractivity contribution in [3.8, 4) is 11.4 Å². The van der Waals surface area contributed by atoms with Gasteiger partial charge in [0, 0.05) is 17.7 Å². The van der Waals surface area contributed by atoms with Crippen LogP contribution in [0.1, 0.15) is 17.0 Å². The minimum absolute atomic E-state index is 0.147. The molecular formula is C19H15F2N3. The molecule has 0 bridgehead atoms. The molecule has 2 heterocycles. The number of halogens is 2. The lowest BCUT2D eigenvalue weighted by atomic mass is 10.1. The molecule has 3 nitrogen and oxygen atoms in total. The lowest BCUT2D eigenvalue weighted by Gasteiger charge is -2.10.